The van der Waals surface area contributed by atoms with Crippen molar-refractivity contribution in [2.24, 2.45) is 5.92 Å². The van der Waals surface area contributed by atoms with E-state index in [0.29, 0.717) is 0 Å². The second-order valence-corrected chi connectivity index (χ2v) is 6.87. The average molecular weight is 313 g/mol. The van der Waals surface area contributed by atoms with Gasteiger partial charge in [0.25, 0.3) is 0 Å². The van der Waals surface area contributed by atoms with Crippen LogP contribution in [0.15, 0.2) is 5.16 Å². The summed E-state index contributed by atoms with van der Waals surface area (Å²) in [4.78, 5) is 13.9. The van der Waals surface area contributed by atoms with Crippen molar-refractivity contribution in [3.05, 3.63) is 0 Å². The first kappa shape index (κ1) is 16.2. The van der Waals surface area contributed by atoms with E-state index in [9.17, 15) is 4.79 Å². The van der Waals surface area contributed by atoms with Gasteiger partial charge < -0.3 is 9.64 Å². The maximum absolute atomic E-state index is 12.3. The minimum absolute atomic E-state index is 0.0940. The molecule has 0 radical (unpaired) electrons. The van der Waals surface area contributed by atoms with E-state index in [-0.39, 0.29) is 23.1 Å². The van der Waals surface area contributed by atoms with E-state index in [1.807, 2.05) is 18.5 Å². The van der Waals surface area contributed by atoms with Crippen molar-refractivity contribution in [1.29, 1.82) is 0 Å². The normalized spacial score (nSPS) is 18.0. The van der Waals surface area contributed by atoms with Crippen LogP contribution in [0.5, 0.6) is 0 Å². The van der Waals surface area contributed by atoms with Gasteiger partial charge in [-0.25, -0.2) is 4.68 Å². The Hall–Kier alpha value is -1.15. The minimum Gasteiger partial charge on any atom is -0.381 e. The first-order chi connectivity index (χ1) is 10.0. The van der Waals surface area contributed by atoms with Gasteiger partial charge in [0.15, 0.2) is 0 Å². The lowest BCUT2D eigenvalue weighted by Gasteiger charge is -2.25. The van der Waals surface area contributed by atoms with Crippen molar-refractivity contribution in [2.75, 3.05) is 27.3 Å². The van der Waals surface area contributed by atoms with Crippen LogP contribution >= 0.6 is 11.8 Å². The third-order valence-electron chi connectivity index (χ3n) is 3.52. The summed E-state index contributed by atoms with van der Waals surface area (Å²) in [5.41, 5.74) is 0. The van der Waals surface area contributed by atoms with Crippen LogP contribution in [-0.4, -0.2) is 63.6 Å². The predicted octanol–water partition coefficient (Wildman–Crippen LogP) is 1.23. The maximum Gasteiger partial charge on any atom is 0.235 e. The smallest absolute Gasteiger partial charge is 0.235 e. The average Bonchev–Trinajstić information content (AvgIpc) is 2.92. The molecule has 1 unspecified atom stereocenters. The van der Waals surface area contributed by atoms with Crippen LogP contribution in [0.1, 0.15) is 32.7 Å². The van der Waals surface area contributed by atoms with Crippen molar-refractivity contribution in [3.8, 4) is 0 Å². The molecule has 1 aliphatic rings. The molecule has 0 aliphatic carbocycles. The second-order valence-electron chi connectivity index (χ2n) is 5.76. The number of aromatic nitrogens is 4. The highest BCUT2D eigenvalue weighted by atomic mass is 32.2. The Morgan fingerprint density at radius 1 is 1.38 bits per heavy atom. The Morgan fingerprint density at radius 3 is 2.62 bits per heavy atom. The number of tetrazole rings is 1. The van der Waals surface area contributed by atoms with Gasteiger partial charge in [0, 0.05) is 27.3 Å². The van der Waals surface area contributed by atoms with Crippen LogP contribution in [0.25, 0.3) is 0 Å². The van der Waals surface area contributed by atoms with Gasteiger partial charge in [-0.3, -0.25) is 4.79 Å². The summed E-state index contributed by atoms with van der Waals surface area (Å²) in [5, 5.41) is 12.6. The summed E-state index contributed by atoms with van der Waals surface area (Å²) in [6, 6.07) is 0.263. The van der Waals surface area contributed by atoms with E-state index >= 15 is 0 Å². The Balaban J connectivity index is 2.14. The van der Waals surface area contributed by atoms with Crippen LogP contribution < -0.4 is 0 Å². The number of carbonyl (C=O) groups is 1. The molecule has 1 aliphatic heterocycles. The van der Waals surface area contributed by atoms with Crippen molar-refractivity contribution in [1.82, 2.24) is 25.1 Å². The molecule has 0 spiro atoms. The lowest BCUT2D eigenvalue weighted by Crippen LogP contribution is -2.35. The molecule has 8 heteroatoms. The molecular weight excluding hydrogens is 290 g/mol. The van der Waals surface area contributed by atoms with Gasteiger partial charge in [-0.2, -0.15) is 0 Å². The standard InChI is InChI=1S/C13H23N5O2S/c1-9(2)11(12(19)17(3)4)21-13-14-15-16-18(13)10-5-7-20-8-6-10/h9-11H,5-8H2,1-4H3. The van der Waals surface area contributed by atoms with Crippen molar-refractivity contribution in [3.63, 3.8) is 0 Å². The van der Waals surface area contributed by atoms with E-state index in [1.54, 1.807) is 19.0 Å². The molecule has 21 heavy (non-hydrogen) atoms. The number of amides is 1. The molecule has 2 rings (SSSR count). The van der Waals surface area contributed by atoms with Gasteiger partial charge in [-0.05, 0) is 29.2 Å². The summed E-state index contributed by atoms with van der Waals surface area (Å²) in [6.07, 6.45) is 1.82. The topological polar surface area (TPSA) is 73.1 Å². The molecule has 0 bridgehead atoms. The zero-order valence-corrected chi connectivity index (χ0v) is 13.8. The van der Waals surface area contributed by atoms with E-state index < -0.39 is 0 Å². The zero-order valence-electron chi connectivity index (χ0n) is 13.0. The van der Waals surface area contributed by atoms with Gasteiger partial charge in [0.1, 0.15) is 0 Å². The molecule has 1 atom stereocenters. The fraction of sp³-hybridized carbons (Fsp3) is 0.846. The van der Waals surface area contributed by atoms with Gasteiger partial charge in [-0.1, -0.05) is 25.6 Å². The molecule has 1 amide bonds. The Kier molecular flexibility index (Phi) is 5.58. The first-order valence-electron chi connectivity index (χ1n) is 7.24. The molecule has 0 N–H and O–H groups in total. The lowest BCUT2D eigenvalue weighted by molar-refractivity contribution is -0.128. The second kappa shape index (κ2) is 7.22. The highest BCUT2D eigenvalue weighted by Crippen LogP contribution is 2.31. The summed E-state index contributed by atoms with van der Waals surface area (Å²) in [6.45, 7) is 5.56. The molecule has 2 heterocycles. The molecule has 1 fully saturated rings. The van der Waals surface area contributed by atoms with Crippen molar-refractivity contribution < 1.29 is 9.53 Å². The van der Waals surface area contributed by atoms with E-state index in [1.165, 1.54) is 11.8 Å². The summed E-state index contributed by atoms with van der Waals surface area (Å²) >= 11 is 1.46. The van der Waals surface area contributed by atoms with E-state index in [4.69, 9.17) is 4.74 Å². The Morgan fingerprint density at radius 2 is 2.05 bits per heavy atom. The fourth-order valence-electron chi connectivity index (χ4n) is 2.26. The minimum atomic E-state index is -0.176. The number of nitrogens with zero attached hydrogens (tertiary/aromatic N) is 5. The monoisotopic (exact) mass is 313 g/mol. The first-order valence-corrected chi connectivity index (χ1v) is 8.12. The molecule has 0 aromatic carbocycles. The van der Waals surface area contributed by atoms with Crippen LogP contribution in [0.2, 0.25) is 0 Å². The quantitative estimate of drug-likeness (QED) is 0.761. The number of hydrogen-bond donors (Lipinski definition) is 0. The fourth-order valence-corrected chi connectivity index (χ4v) is 3.45. The molecule has 118 valence electrons. The van der Waals surface area contributed by atoms with Crippen LogP contribution in [0.3, 0.4) is 0 Å². The highest BCUT2D eigenvalue weighted by molar-refractivity contribution is 8.00. The molecule has 7 nitrogen and oxygen atoms in total. The summed E-state index contributed by atoms with van der Waals surface area (Å²) in [7, 11) is 3.56. The third kappa shape index (κ3) is 3.94. The number of hydrogen-bond acceptors (Lipinski definition) is 6. The molecule has 1 aromatic heterocycles. The molecular formula is C13H23N5O2S. The SMILES string of the molecule is CC(C)C(Sc1nnnn1C1CCOCC1)C(=O)N(C)C. The highest BCUT2D eigenvalue weighted by Gasteiger charge is 2.29. The van der Waals surface area contributed by atoms with Gasteiger partial charge >= 0.3 is 0 Å². The Bertz CT molecular complexity index is 471. The predicted molar refractivity (Wildman–Crippen MR) is 80.1 cm³/mol. The number of rotatable bonds is 5. The van der Waals surface area contributed by atoms with Crippen LogP contribution in [0, 0.1) is 5.92 Å². The maximum atomic E-state index is 12.3. The largest absolute Gasteiger partial charge is 0.381 e. The molecule has 0 saturated carbocycles. The van der Waals surface area contributed by atoms with Crippen molar-refractivity contribution >= 4 is 17.7 Å². The number of carbonyl (C=O) groups excluding carboxylic acids is 1. The Labute approximate surface area is 129 Å². The van der Waals surface area contributed by atoms with Gasteiger partial charge in [0.05, 0.1) is 11.3 Å². The van der Waals surface area contributed by atoms with Gasteiger partial charge in [-0.15, -0.1) is 5.10 Å². The third-order valence-corrected chi connectivity index (χ3v) is 5.00. The lowest BCUT2D eigenvalue weighted by atomic mass is 10.1. The number of ether oxygens (including phenoxy) is 1. The van der Waals surface area contributed by atoms with Crippen LogP contribution in [0.4, 0.5) is 0 Å². The van der Waals surface area contributed by atoms with Crippen LogP contribution in [-0.2, 0) is 9.53 Å². The molecule has 1 aromatic rings. The molecule has 1 saturated heterocycles. The number of thioether (sulfide) groups is 1. The summed E-state index contributed by atoms with van der Waals surface area (Å²) < 4.78 is 7.23. The van der Waals surface area contributed by atoms with E-state index in [0.717, 1.165) is 31.2 Å². The summed E-state index contributed by atoms with van der Waals surface area (Å²) in [5.74, 6) is 0.307. The van der Waals surface area contributed by atoms with E-state index in [2.05, 4.69) is 15.5 Å². The van der Waals surface area contributed by atoms with Crippen molar-refractivity contribution in [2.45, 2.75) is 43.1 Å². The zero-order chi connectivity index (χ0) is 15.4. The van der Waals surface area contributed by atoms with Gasteiger partial charge in [0.2, 0.25) is 11.1 Å².